The lowest BCUT2D eigenvalue weighted by Crippen LogP contribution is -2.49. The summed E-state index contributed by atoms with van der Waals surface area (Å²) in [5, 5.41) is 12.6. The predicted octanol–water partition coefficient (Wildman–Crippen LogP) is 4.16. The van der Waals surface area contributed by atoms with Gasteiger partial charge in [-0.3, -0.25) is 0 Å². The molecule has 6 aliphatic rings. The first-order chi connectivity index (χ1) is 14.9. The minimum atomic E-state index is -0.238. The summed E-state index contributed by atoms with van der Waals surface area (Å²) in [7, 11) is 0. The van der Waals surface area contributed by atoms with Gasteiger partial charge in [-0.25, -0.2) is 4.79 Å². The Kier molecular flexibility index (Phi) is 10.3. The van der Waals surface area contributed by atoms with Crippen LogP contribution < -0.4 is 5.32 Å². The zero-order valence-corrected chi connectivity index (χ0v) is 20.0. The highest BCUT2D eigenvalue weighted by molar-refractivity contribution is 5.68. The highest BCUT2D eigenvalue weighted by atomic mass is 16.6. The van der Waals surface area contributed by atoms with Crippen LogP contribution in [0.5, 0.6) is 0 Å². The fourth-order valence-electron chi connectivity index (χ4n) is 5.31. The summed E-state index contributed by atoms with van der Waals surface area (Å²) in [6, 6.07) is 0.154. The van der Waals surface area contributed by atoms with Gasteiger partial charge in [-0.2, -0.15) is 19.2 Å². The van der Waals surface area contributed by atoms with Gasteiger partial charge in [-0.15, -0.1) is 0 Å². The molecule has 0 aromatic heterocycles. The number of carbonyl (C=O) groups excluding carboxylic acids is 5. The number of amides is 1. The van der Waals surface area contributed by atoms with Crippen LogP contribution in [-0.4, -0.2) is 40.7 Å². The molecule has 0 unspecified atom stereocenters. The molecule has 0 heterocycles. The fourth-order valence-corrected chi connectivity index (χ4v) is 5.31. The normalized spacial score (nSPS) is 35.9. The Morgan fingerprint density at radius 1 is 0.750 bits per heavy atom. The summed E-state index contributed by atoms with van der Waals surface area (Å²) in [4.78, 5) is 44.1. The second kappa shape index (κ2) is 11.7. The van der Waals surface area contributed by atoms with Crippen molar-refractivity contribution in [3.63, 3.8) is 0 Å². The number of rotatable bonds is 2. The van der Waals surface area contributed by atoms with E-state index in [1.54, 1.807) is 0 Å². The summed E-state index contributed by atoms with van der Waals surface area (Å²) >= 11 is 0. The van der Waals surface area contributed by atoms with Crippen LogP contribution in [0.15, 0.2) is 0 Å². The van der Waals surface area contributed by atoms with Crippen LogP contribution in [0.2, 0.25) is 0 Å². The van der Waals surface area contributed by atoms with Crippen molar-refractivity contribution in [2.24, 2.45) is 10.8 Å². The second-order valence-corrected chi connectivity index (χ2v) is 10.9. The molecular formula is C24H39NO7. The summed E-state index contributed by atoms with van der Waals surface area (Å²) in [6.45, 7) is 8.64. The molecule has 0 spiro atoms. The molecule has 6 aliphatic carbocycles. The van der Waals surface area contributed by atoms with Crippen LogP contribution >= 0.6 is 0 Å². The number of alkyl carbamates (subject to hydrolysis) is 1. The van der Waals surface area contributed by atoms with Crippen molar-refractivity contribution in [1.29, 1.82) is 0 Å². The van der Waals surface area contributed by atoms with E-state index in [1.807, 2.05) is 13.8 Å². The molecule has 182 valence electrons. The number of hydrogen-bond donors (Lipinski definition) is 2. The van der Waals surface area contributed by atoms with Crippen molar-refractivity contribution in [1.82, 2.24) is 5.32 Å². The standard InChI is InChI=1S/C13H23NO2.C9H16O.2CO2/c1-10(2)14-11(15)16-13-7-4-12(3,5-8-13)6-9-13;1-8-2-5-9(10,6-3-8)7-4-8;2*2-1-3/h10H,4-9H2,1-3H3,(H,14,15);10H,2-7H2,1H3;;. The number of fused-ring (bicyclic) bond motifs is 6. The molecule has 0 saturated heterocycles. The van der Waals surface area contributed by atoms with E-state index in [9.17, 15) is 9.90 Å². The molecule has 0 atom stereocenters. The fraction of sp³-hybridized carbons (Fsp3) is 0.875. The Hall–Kier alpha value is -2.01. The van der Waals surface area contributed by atoms with Gasteiger partial charge in [0.1, 0.15) is 5.60 Å². The van der Waals surface area contributed by atoms with Gasteiger partial charge in [0.05, 0.1) is 5.60 Å². The second-order valence-electron chi connectivity index (χ2n) is 10.9. The molecule has 0 aliphatic heterocycles. The average molecular weight is 454 g/mol. The van der Waals surface area contributed by atoms with Crippen molar-refractivity contribution in [2.45, 2.75) is 122 Å². The maximum Gasteiger partial charge on any atom is 0.407 e. The summed E-state index contributed by atoms with van der Waals surface area (Å²) < 4.78 is 5.67. The summed E-state index contributed by atoms with van der Waals surface area (Å²) in [5.41, 5.74) is 0.749. The maximum atomic E-state index is 11.6. The van der Waals surface area contributed by atoms with Crippen LogP contribution in [-0.2, 0) is 23.9 Å². The lowest BCUT2D eigenvalue weighted by Gasteiger charge is -2.51. The minimum Gasteiger partial charge on any atom is -0.443 e. The molecule has 2 N–H and O–H groups in total. The third kappa shape index (κ3) is 8.50. The Bertz CT molecular complexity index is 611. The summed E-state index contributed by atoms with van der Waals surface area (Å²) in [5.74, 6) is 0. The maximum absolute atomic E-state index is 11.6. The van der Waals surface area contributed by atoms with Gasteiger partial charge >= 0.3 is 18.4 Å². The molecule has 6 rings (SSSR count). The van der Waals surface area contributed by atoms with Crippen molar-refractivity contribution < 1.29 is 33.8 Å². The van der Waals surface area contributed by atoms with Crippen LogP contribution in [0.4, 0.5) is 4.79 Å². The number of carbonyl (C=O) groups is 1. The lowest BCUT2D eigenvalue weighted by atomic mass is 9.59. The van der Waals surface area contributed by atoms with Gasteiger partial charge in [0.2, 0.25) is 0 Å². The molecule has 1 amide bonds. The number of nitrogens with one attached hydrogen (secondary N) is 1. The van der Waals surface area contributed by atoms with E-state index in [0.717, 1.165) is 38.5 Å². The van der Waals surface area contributed by atoms with E-state index in [4.69, 9.17) is 23.9 Å². The van der Waals surface area contributed by atoms with Crippen molar-refractivity contribution >= 4 is 18.4 Å². The molecule has 0 aromatic rings. The summed E-state index contributed by atoms with van der Waals surface area (Å²) in [6.07, 6.45) is 14.0. The van der Waals surface area contributed by atoms with Crippen molar-refractivity contribution in [3.8, 4) is 0 Å². The van der Waals surface area contributed by atoms with Crippen molar-refractivity contribution in [3.05, 3.63) is 0 Å². The number of ether oxygens (including phenoxy) is 1. The molecule has 0 aromatic carbocycles. The topological polar surface area (TPSA) is 127 Å². The van der Waals surface area contributed by atoms with E-state index in [2.05, 4.69) is 19.2 Å². The minimum absolute atomic E-state index is 0.142. The lowest BCUT2D eigenvalue weighted by molar-refractivity contribution is -0.193. The van der Waals surface area contributed by atoms with Crippen molar-refractivity contribution in [2.75, 3.05) is 0 Å². The van der Waals surface area contributed by atoms with E-state index < -0.39 is 0 Å². The molecule has 4 bridgehead atoms. The Morgan fingerprint density at radius 3 is 1.34 bits per heavy atom. The van der Waals surface area contributed by atoms with E-state index >= 15 is 0 Å². The predicted molar refractivity (Wildman–Crippen MR) is 114 cm³/mol. The number of hydrogen-bond acceptors (Lipinski definition) is 7. The largest absolute Gasteiger partial charge is 0.443 e. The molecule has 6 saturated carbocycles. The van der Waals surface area contributed by atoms with Crippen LogP contribution in [0.1, 0.15) is 105 Å². The Labute approximate surface area is 190 Å². The van der Waals surface area contributed by atoms with Crippen LogP contribution in [0.25, 0.3) is 0 Å². The quantitative estimate of drug-likeness (QED) is 0.643. The molecular weight excluding hydrogens is 414 g/mol. The SMILES string of the molecule is CC(C)NC(=O)OC12CCC(C)(CC1)CC2.CC12CCC(O)(CC1)CC2.O=C=O.O=C=O. The first-order valence-corrected chi connectivity index (χ1v) is 11.6. The monoisotopic (exact) mass is 453 g/mol. The highest BCUT2D eigenvalue weighted by Crippen LogP contribution is 2.53. The third-order valence-electron chi connectivity index (χ3n) is 7.85. The molecule has 0 radical (unpaired) electrons. The van der Waals surface area contributed by atoms with Crippen LogP contribution in [0, 0.1) is 10.8 Å². The zero-order valence-electron chi connectivity index (χ0n) is 20.0. The van der Waals surface area contributed by atoms with Gasteiger partial charge in [-0.05, 0) is 102 Å². The number of aliphatic hydroxyl groups is 1. The molecule has 8 heteroatoms. The molecule has 6 fully saturated rings. The average Bonchev–Trinajstić information content (AvgIpc) is 2.72. The van der Waals surface area contributed by atoms with E-state index in [0.29, 0.717) is 10.8 Å². The third-order valence-corrected chi connectivity index (χ3v) is 7.85. The van der Waals surface area contributed by atoms with Gasteiger partial charge < -0.3 is 15.2 Å². The Morgan fingerprint density at radius 2 is 1.06 bits per heavy atom. The van der Waals surface area contributed by atoms with E-state index in [-0.39, 0.29) is 35.6 Å². The first kappa shape index (κ1) is 28.0. The molecule has 32 heavy (non-hydrogen) atoms. The zero-order chi connectivity index (χ0) is 24.5. The van der Waals surface area contributed by atoms with E-state index in [1.165, 1.54) is 38.5 Å². The van der Waals surface area contributed by atoms with Crippen LogP contribution in [0.3, 0.4) is 0 Å². The smallest absolute Gasteiger partial charge is 0.407 e. The first-order valence-electron chi connectivity index (χ1n) is 11.6. The van der Waals surface area contributed by atoms with Gasteiger partial charge in [0.15, 0.2) is 0 Å². The van der Waals surface area contributed by atoms with Gasteiger partial charge in [0.25, 0.3) is 0 Å². The highest BCUT2D eigenvalue weighted by Gasteiger charge is 2.48. The van der Waals surface area contributed by atoms with Gasteiger partial charge in [0, 0.05) is 6.04 Å². The Balaban J connectivity index is 0.000000272. The molecule has 8 nitrogen and oxygen atoms in total. The van der Waals surface area contributed by atoms with Gasteiger partial charge in [-0.1, -0.05) is 13.8 Å².